The Morgan fingerprint density at radius 1 is 0.400 bits per heavy atom. The van der Waals surface area contributed by atoms with Crippen molar-refractivity contribution in [2.45, 2.75) is 0 Å². The Bertz CT molecular complexity index is 4.85. The molecule has 0 saturated carbocycles. The van der Waals surface area contributed by atoms with Crippen LogP contribution in [0.5, 0.6) is 0 Å². The maximum absolute atomic E-state index is 0. The number of hydrogen-bond acceptors (Lipinski definition) is 0. The molecule has 0 N–H and O–H groups in total. The molecule has 0 aromatic rings. The Morgan fingerprint density at radius 3 is 0.400 bits per heavy atom. The van der Waals surface area contributed by atoms with Crippen molar-refractivity contribution in [1.82, 2.24) is 0 Å². The molecule has 5 heteroatoms. The first-order valence-corrected chi connectivity index (χ1v) is 0. The van der Waals surface area contributed by atoms with Gasteiger partial charge in [0.2, 0.25) is 0 Å². The summed E-state index contributed by atoms with van der Waals surface area (Å²) in [5, 5.41) is 0. The van der Waals surface area contributed by atoms with E-state index in [4.69, 9.17) is 0 Å². The average Bonchev–Trinajstić information content (AvgIpc) is 0. The van der Waals surface area contributed by atoms with Crippen molar-refractivity contribution < 1.29 is 0 Å². The fourth-order valence-corrected chi connectivity index (χ4v) is 0. The third-order valence-electron chi connectivity index (χ3n) is 0. The van der Waals surface area contributed by atoms with Crippen molar-refractivity contribution in [2.75, 3.05) is 0 Å². The molecular weight excluding hydrogens is 163 g/mol. The predicted molar refractivity (Wildman–Crippen MR) is 35.7 cm³/mol. The van der Waals surface area contributed by atoms with Gasteiger partial charge in [0.25, 0.3) is 0 Å². The maximum atomic E-state index is 0. The molecule has 5 heavy (non-hydrogen) atoms. The normalized spacial score (nSPS) is 0. The van der Waals surface area contributed by atoms with Gasteiger partial charge in [-0.2, -0.15) is 0 Å². The molecule has 0 saturated heterocycles. The van der Waals surface area contributed by atoms with E-state index < -0.39 is 0 Å². The van der Waals surface area contributed by atoms with E-state index in [1.54, 1.807) is 0 Å². The minimum atomic E-state index is 0. The van der Waals surface area contributed by atoms with Crippen molar-refractivity contribution in [3.05, 3.63) is 0 Å². The van der Waals surface area contributed by atoms with E-state index >= 15 is 0 Å². The molecule has 0 radical (unpaired) electrons. The molecule has 0 aliphatic carbocycles. The van der Waals surface area contributed by atoms with Crippen LogP contribution in [-0.2, 0) is 0 Å². The molecule has 0 nitrogen and oxygen atoms in total. The van der Waals surface area contributed by atoms with Crippen molar-refractivity contribution in [2.24, 2.45) is 0 Å². The Kier molecular flexibility index (Phi) is 133. The number of rotatable bonds is 0. The van der Waals surface area contributed by atoms with Crippen molar-refractivity contribution in [3.63, 3.8) is 0 Å². The van der Waals surface area contributed by atoms with Crippen LogP contribution in [0.1, 0.15) is 0 Å². The zero-order valence-electron chi connectivity index (χ0n) is 0. The van der Waals surface area contributed by atoms with Crippen LogP contribution < -0.4 is 0 Å². The second-order valence-corrected chi connectivity index (χ2v) is 0. The summed E-state index contributed by atoms with van der Waals surface area (Å²) in [5.41, 5.74) is 0. The Labute approximate surface area is 205 Å². The number of hydrogen-bond donors (Lipinski definition) is 0. The molecule has 0 bridgehead atoms. The Balaban J connectivity index is 0. The van der Waals surface area contributed by atoms with Gasteiger partial charge in [0, 0.05) is 0 Å². The molecule has 0 rings (SSSR count). The third kappa shape index (κ3) is 18.1. The van der Waals surface area contributed by atoms with E-state index in [1.165, 1.54) is 0 Å². The molecular formula is H5K3Na2. The van der Waals surface area contributed by atoms with E-state index in [9.17, 15) is 0 Å². The van der Waals surface area contributed by atoms with E-state index in [0.717, 1.165) is 0 Å². The van der Waals surface area contributed by atoms with Gasteiger partial charge in [0.1, 0.15) is 0 Å². The van der Waals surface area contributed by atoms with Gasteiger partial charge in [-0.1, -0.05) is 0 Å². The summed E-state index contributed by atoms with van der Waals surface area (Å²) in [6, 6.07) is 0. The summed E-state index contributed by atoms with van der Waals surface area (Å²) in [6.45, 7) is 0. The molecule has 0 aromatic heterocycles. The van der Waals surface area contributed by atoms with Crippen molar-refractivity contribution >= 4 is 213 Å². The molecule has 0 heterocycles. The first kappa shape index (κ1) is 29.7. The molecule has 0 aromatic carbocycles. The molecule has 0 atom stereocenters. The van der Waals surface area contributed by atoms with E-state index in [0.29, 0.717) is 0 Å². The zero-order chi connectivity index (χ0) is 0. The van der Waals surface area contributed by atoms with Crippen LogP contribution in [0.3, 0.4) is 0 Å². The zero-order valence-corrected chi connectivity index (χ0v) is 0. The third-order valence-corrected chi connectivity index (χ3v) is 0. The quantitative estimate of drug-likeness (QED) is 0.334. The van der Waals surface area contributed by atoms with E-state index in [2.05, 4.69) is 0 Å². The average molecular weight is 168 g/mol. The van der Waals surface area contributed by atoms with Crippen LogP contribution in [0.25, 0.3) is 0 Å². The predicted octanol–water partition coefficient (Wildman–Crippen LogP) is -3.24. The van der Waals surface area contributed by atoms with Crippen LogP contribution in [-0.4, -0.2) is 213 Å². The Morgan fingerprint density at radius 2 is 0.400 bits per heavy atom. The van der Waals surface area contributed by atoms with Gasteiger partial charge >= 0.3 is 213 Å². The topological polar surface area (TPSA) is 0 Å². The van der Waals surface area contributed by atoms with Gasteiger partial charge < -0.3 is 0 Å². The van der Waals surface area contributed by atoms with E-state index in [-0.39, 0.29) is 213 Å². The summed E-state index contributed by atoms with van der Waals surface area (Å²) in [4.78, 5) is 0. The minimum absolute atomic E-state index is 0. The van der Waals surface area contributed by atoms with Gasteiger partial charge in [-0.15, -0.1) is 0 Å². The van der Waals surface area contributed by atoms with Crippen LogP contribution in [0, 0.1) is 0 Å². The van der Waals surface area contributed by atoms with Crippen LogP contribution in [0.15, 0.2) is 0 Å². The molecule has 10 valence electrons. The molecule has 0 amide bonds. The molecule has 0 aliphatic rings. The first-order chi connectivity index (χ1) is 0. The molecule has 0 aliphatic heterocycles. The summed E-state index contributed by atoms with van der Waals surface area (Å²) >= 11 is 0. The van der Waals surface area contributed by atoms with Crippen molar-refractivity contribution in [1.29, 1.82) is 0 Å². The Hall–Kier alpha value is 6.91. The second-order valence-electron chi connectivity index (χ2n) is 0. The fourth-order valence-electron chi connectivity index (χ4n) is 0. The van der Waals surface area contributed by atoms with E-state index in [1.807, 2.05) is 0 Å². The SMILES string of the molecule is [KH].[KH].[KH].[NaH].[NaH]. The molecule has 0 spiro atoms. The summed E-state index contributed by atoms with van der Waals surface area (Å²) < 4.78 is 0. The summed E-state index contributed by atoms with van der Waals surface area (Å²) in [7, 11) is 0. The molecule has 0 unspecified atom stereocenters. The van der Waals surface area contributed by atoms with Gasteiger partial charge in [0.05, 0.1) is 0 Å². The van der Waals surface area contributed by atoms with Crippen LogP contribution in [0.4, 0.5) is 0 Å². The van der Waals surface area contributed by atoms with Crippen molar-refractivity contribution in [3.8, 4) is 0 Å². The first-order valence-electron chi connectivity index (χ1n) is 0. The van der Waals surface area contributed by atoms with Crippen LogP contribution in [0.2, 0.25) is 0 Å². The molecule has 0 fully saturated rings. The van der Waals surface area contributed by atoms with Crippen LogP contribution >= 0.6 is 0 Å². The van der Waals surface area contributed by atoms with Gasteiger partial charge in [-0.3, -0.25) is 0 Å². The van der Waals surface area contributed by atoms with Gasteiger partial charge in [-0.25, -0.2) is 0 Å². The monoisotopic (exact) mass is 168 g/mol. The fraction of sp³-hybridized carbons (Fsp3) is 0. The summed E-state index contributed by atoms with van der Waals surface area (Å²) in [6.07, 6.45) is 0. The van der Waals surface area contributed by atoms with Gasteiger partial charge in [0.15, 0.2) is 0 Å². The second kappa shape index (κ2) is 22.4. The summed E-state index contributed by atoms with van der Waals surface area (Å²) in [5.74, 6) is 0. The van der Waals surface area contributed by atoms with Gasteiger partial charge in [-0.05, 0) is 0 Å². The standard InChI is InChI=1S/3K.2Na.5H.